The first-order chi connectivity index (χ1) is 13.4. The van der Waals surface area contributed by atoms with E-state index in [0.29, 0.717) is 12.8 Å². The minimum Gasteiger partial charge on any atom is -0.289 e. The monoisotopic (exact) mass is 398 g/mol. The first kappa shape index (κ1) is 19.9. The molecule has 1 fully saturated rings. The molecule has 0 bridgehead atoms. The van der Waals surface area contributed by atoms with Crippen molar-refractivity contribution in [1.82, 2.24) is 9.73 Å². The summed E-state index contributed by atoms with van der Waals surface area (Å²) in [6.45, 7) is 0.491. The molecule has 0 atom stereocenters. The molecule has 7 nitrogen and oxygen atoms in total. The van der Waals surface area contributed by atoms with Crippen molar-refractivity contribution in [2.75, 3.05) is 25.1 Å². The Bertz CT molecular complexity index is 978. The van der Waals surface area contributed by atoms with Gasteiger partial charge in [-0.15, -0.1) is 0 Å². The molecule has 1 heterocycles. The van der Waals surface area contributed by atoms with Crippen LogP contribution in [0.5, 0.6) is 0 Å². The van der Waals surface area contributed by atoms with Crippen LogP contribution in [-0.2, 0) is 14.8 Å². The molecule has 0 aliphatic carbocycles. The summed E-state index contributed by atoms with van der Waals surface area (Å²) in [5, 5.41) is 10.8. The van der Waals surface area contributed by atoms with E-state index < -0.39 is 10.0 Å². The first-order valence-corrected chi connectivity index (χ1v) is 10.5. The summed E-state index contributed by atoms with van der Waals surface area (Å²) in [6, 6.07) is 17.6. The fourth-order valence-electron chi connectivity index (χ4n) is 3.25. The van der Waals surface area contributed by atoms with Crippen LogP contribution >= 0.6 is 0 Å². The molecule has 146 valence electrons. The fourth-order valence-corrected chi connectivity index (χ4v) is 4.87. The molecule has 2 aromatic rings. The van der Waals surface area contributed by atoms with E-state index >= 15 is 0 Å². The van der Waals surface area contributed by atoms with Crippen molar-refractivity contribution in [3.63, 3.8) is 0 Å². The molecular weight excluding hydrogens is 376 g/mol. The van der Waals surface area contributed by atoms with E-state index in [1.807, 2.05) is 36.4 Å². The SMILES string of the molecule is CN(NC(=O)C1CCN(S(=O)(=O)c2ccccc2C#N)CC1)c1ccccc1. The molecule has 0 spiro atoms. The van der Waals surface area contributed by atoms with E-state index in [1.54, 1.807) is 24.2 Å². The minimum atomic E-state index is -3.75. The second-order valence-corrected chi connectivity index (χ2v) is 8.56. The molecule has 0 radical (unpaired) electrons. The molecule has 3 rings (SSSR count). The number of anilines is 1. The normalized spacial score (nSPS) is 15.6. The van der Waals surface area contributed by atoms with E-state index in [0.717, 1.165) is 5.69 Å². The van der Waals surface area contributed by atoms with Crippen LogP contribution in [-0.4, -0.2) is 38.8 Å². The highest BCUT2D eigenvalue weighted by atomic mass is 32.2. The highest BCUT2D eigenvalue weighted by molar-refractivity contribution is 7.89. The van der Waals surface area contributed by atoms with Crippen LogP contribution in [0, 0.1) is 17.2 Å². The maximum Gasteiger partial charge on any atom is 0.244 e. The zero-order chi connectivity index (χ0) is 20.1. The van der Waals surface area contributed by atoms with Crippen LogP contribution in [0.1, 0.15) is 18.4 Å². The maximum atomic E-state index is 12.9. The van der Waals surface area contributed by atoms with E-state index in [-0.39, 0.29) is 35.4 Å². The number of nitrogens with one attached hydrogen (secondary N) is 1. The summed E-state index contributed by atoms with van der Waals surface area (Å²) in [5.41, 5.74) is 3.85. The van der Waals surface area contributed by atoms with Gasteiger partial charge in [0, 0.05) is 26.1 Å². The Balaban J connectivity index is 1.62. The lowest BCUT2D eigenvalue weighted by molar-refractivity contribution is -0.126. The number of rotatable bonds is 5. The lowest BCUT2D eigenvalue weighted by Gasteiger charge is -2.32. The number of hydrogen-bond donors (Lipinski definition) is 1. The summed E-state index contributed by atoms with van der Waals surface area (Å²) in [5.74, 6) is -0.385. The Labute approximate surface area is 165 Å². The van der Waals surface area contributed by atoms with Gasteiger partial charge in [0.1, 0.15) is 6.07 Å². The van der Waals surface area contributed by atoms with Gasteiger partial charge in [0.2, 0.25) is 15.9 Å². The van der Waals surface area contributed by atoms with Crippen LogP contribution in [0.25, 0.3) is 0 Å². The van der Waals surface area contributed by atoms with Crippen LogP contribution in [0.15, 0.2) is 59.5 Å². The third-order valence-corrected chi connectivity index (χ3v) is 6.83. The number of para-hydroxylation sites is 1. The van der Waals surface area contributed by atoms with Gasteiger partial charge in [-0.25, -0.2) is 8.42 Å². The average molecular weight is 398 g/mol. The Kier molecular flexibility index (Phi) is 5.97. The van der Waals surface area contributed by atoms with Gasteiger partial charge in [-0.3, -0.25) is 15.2 Å². The predicted octanol–water partition coefficient (Wildman–Crippen LogP) is 2.13. The molecule has 0 saturated carbocycles. The minimum absolute atomic E-state index is 0.0178. The van der Waals surface area contributed by atoms with Crippen molar-refractivity contribution < 1.29 is 13.2 Å². The van der Waals surface area contributed by atoms with Gasteiger partial charge in [-0.1, -0.05) is 30.3 Å². The molecule has 0 aromatic heterocycles. The number of hydrogen-bond acceptors (Lipinski definition) is 5. The highest BCUT2D eigenvalue weighted by Gasteiger charge is 2.33. The van der Waals surface area contributed by atoms with Crippen molar-refractivity contribution in [3.8, 4) is 6.07 Å². The number of carbonyl (C=O) groups is 1. The van der Waals surface area contributed by atoms with Crippen LogP contribution in [0.2, 0.25) is 0 Å². The molecular formula is C20H22N4O3S. The zero-order valence-electron chi connectivity index (χ0n) is 15.6. The number of piperidine rings is 1. The van der Waals surface area contributed by atoms with Crippen molar-refractivity contribution in [2.45, 2.75) is 17.7 Å². The average Bonchev–Trinajstić information content (AvgIpc) is 2.74. The van der Waals surface area contributed by atoms with Crippen molar-refractivity contribution >= 4 is 21.6 Å². The Hall–Kier alpha value is -2.89. The number of amides is 1. The number of benzene rings is 2. The highest BCUT2D eigenvalue weighted by Crippen LogP contribution is 2.26. The van der Waals surface area contributed by atoms with Gasteiger partial charge in [0.25, 0.3) is 0 Å². The molecule has 8 heteroatoms. The standard InChI is InChI=1S/C20H22N4O3S/c1-23(18-8-3-2-4-9-18)22-20(25)16-11-13-24(14-12-16)28(26,27)19-10-6-5-7-17(19)15-21/h2-10,16H,11-14H2,1H3,(H,22,25). The molecule has 1 N–H and O–H groups in total. The summed E-state index contributed by atoms with van der Waals surface area (Å²) in [4.78, 5) is 12.6. The van der Waals surface area contributed by atoms with Crippen molar-refractivity contribution in [1.29, 1.82) is 5.26 Å². The third-order valence-electron chi connectivity index (χ3n) is 4.87. The van der Waals surface area contributed by atoms with Gasteiger partial charge in [0.05, 0.1) is 16.1 Å². The van der Waals surface area contributed by atoms with Gasteiger partial charge in [-0.2, -0.15) is 9.57 Å². The van der Waals surface area contributed by atoms with Crippen LogP contribution in [0.3, 0.4) is 0 Å². The summed E-state index contributed by atoms with van der Waals surface area (Å²) < 4.78 is 27.1. The molecule has 2 aromatic carbocycles. The van der Waals surface area contributed by atoms with Crippen LogP contribution < -0.4 is 10.4 Å². The Morgan fingerprint density at radius 1 is 1.11 bits per heavy atom. The quantitative estimate of drug-likeness (QED) is 0.779. The number of hydrazine groups is 1. The number of sulfonamides is 1. The first-order valence-electron chi connectivity index (χ1n) is 9.02. The topological polar surface area (TPSA) is 93.5 Å². The number of nitriles is 1. The van der Waals surface area contributed by atoms with E-state index in [1.165, 1.54) is 16.4 Å². The van der Waals surface area contributed by atoms with E-state index in [4.69, 9.17) is 0 Å². The second kappa shape index (κ2) is 8.42. The van der Waals surface area contributed by atoms with E-state index in [2.05, 4.69) is 5.43 Å². The maximum absolute atomic E-state index is 12.9. The molecule has 1 saturated heterocycles. The van der Waals surface area contributed by atoms with Gasteiger partial charge >= 0.3 is 0 Å². The summed E-state index contributed by atoms with van der Waals surface area (Å²) in [7, 11) is -1.98. The van der Waals surface area contributed by atoms with Crippen LogP contribution in [0.4, 0.5) is 5.69 Å². The lowest BCUT2D eigenvalue weighted by Crippen LogP contribution is -2.47. The predicted molar refractivity (Wildman–Crippen MR) is 106 cm³/mol. The molecule has 0 unspecified atom stereocenters. The molecule has 1 aliphatic rings. The smallest absolute Gasteiger partial charge is 0.244 e. The largest absolute Gasteiger partial charge is 0.289 e. The van der Waals surface area contributed by atoms with Gasteiger partial charge in [-0.05, 0) is 37.1 Å². The molecule has 1 amide bonds. The Morgan fingerprint density at radius 2 is 1.71 bits per heavy atom. The molecule has 28 heavy (non-hydrogen) atoms. The Morgan fingerprint density at radius 3 is 2.36 bits per heavy atom. The molecule has 1 aliphatic heterocycles. The number of nitrogens with zero attached hydrogens (tertiary/aromatic N) is 3. The summed E-state index contributed by atoms with van der Waals surface area (Å²) >= 11 is 0. The van der Waals surface area contributed by atoms with Crippen molar-refractivity contribution in [2.24, 2.45) is 5.92 Å². The van der Waals surface area contributed by atoms with Gasteiger partial charge < -0.3 is 0 Å². The zero-order valence-corrected chi connectivity index (χ0v) is 16.4. The van der Waals surface area contributed by atoms with Crippen molar-refractivity contribution in [3.05, 3.63) is 60.2 Å². The lowest BCUT2D eigenvalue weighted by atomic mass is 9.97. The van der Waals surface area contributed by atoms with E-state index in [9.17, 15) is 18.5 Å². The van der Waals surface area contributed by atoms with Gasteiger partial charge in [0.15, 0.2) is 0 Å². The summed E-state index contributed by atoms with van der Waals surface area (Å²) in [6.07, 6.45) is 0.866. The second-order valence-electron chi connectivity index (χ2n) is 6.66. The third kappa shape index (κ3) is 4.16. The number of carbonyl (C=O) groups excluding carboxylic acids is 1. The fraction of sp³-hybridized carbons (Fsp3) is 0.300.